The second-order valence-corrected chi connectivity index (χ2v) is 18.5. The zero-order valence-corrected chi connectivity index (χ0v) is 33.8. The van der Waals surface area contributed by atoms with Crippen LogP contribution < -0.4 is 10.4 Å². The second-order valence-electron chi connectivity index (χ2n) is 14.2. The molecule has 0 saturated carbocycles. The fourth-order valence-electron chi connectivity index (χ4n) is 7.02. The van der Waals surface area contributed by atoms with E-state index in [0.717, 1.165) is 16.7 Å². The third-order valence-electron chi connectivity index (χ3n) is 9.54. The Hall–Kier alpha value is -3.96. The van der Waals surface area contributed by atoms with Gasteiger partial charge in [-0.25, -0.2) is 0 Å². The Kier molecular flexibility index (Phi) is 17.3. The summed E-state index contributed by atoms with van der Waals surface area (Å²) < 4.78 is 42.5. The highest BCUT2D eigenvalue weighted by Gasteiger charge is 2.50. The van der Waals surface area contributed by atoms with Crippen molar-refractivity contribution in [2.75, 3.05) is 79.3 Å². The van der Waals surface area contributed by atoms with Gasteiger partial charge in [0.15, 0.2) is 0 Å². The standard InChI is InChI=1S/C47H58O7Si/c1-46(2,3)55(44-25-15-7-16-26-44,45-27-17-8-18-28-45)54-40-38-52-36-34-50-32-30-48-29-31-49-33-35-51-37-39-53-47(41-19-9-4-10-20-41,42-21-11-5-12-22-42)43-23-13-6-14-24-43/h4-28H,29-40H2,1-3H3. The van der Waals surface area contributed by atoms with Crippen LogP contribution >= 0.6 is 0 Å². The molecule has 0 saturated heterocycles. The molecule has 0 N–H and O–H groups in total. The van der Waals surface area contributed by atoms with E-state index in [1.165, 1.54) is 10.4 Å². The van der Waals surface area contributed by atoms with Crippen molar-refractivity contribution >= 4 is 18.7 Å². The first-order chi connectivity index (χ1) is 27.0. The molecule has 0 aromatic heterocycles. The Balaban J connectivity index is 0.912. The predicted molar refractivity (Wildman–Crippen MR) is 223 cm³/mol. The summed E-state index contributed by atoms with van der Waals surface area (Å²) in [4.78, 5) is 0. The van der Waals surface area contributed by atoms with Crippen molar-refractivity contribution in [1.82, 2.24) is 0 Å². The smallest absolute Gasteiger partial charge is 0.261 e. The van der Waals surface area contributed by atoms with Crippen molar-refractivity contribution < 1.29 is 32.8 Å². The fourth-order valence-corrected chi connectivity index (χ4v) is 11.6. The van der Waals surface area contributed by atoms with E-state index in [1.807, 2.05) is 18.2 Å². The SMILES string of the molecule is CC(C)(C)[Si](OCCOCCOCCOCCOCCOCCOC(c1ccccc1)(c1ccccc1)c1ccccc1)(c1ccccc1)c1ccccc1. The van der Waals surface area contributed by atoms with Crippen molar-refractivity contribution in [3.63, 3.8) is 0 Å². The highest BCUT2D eigenvalue weighted by molar-refractivity contribution is 6.99. The van der Waals surface area contributed by atoms with Gasteiger partial charge >= 0.3 is 0 Å². The van der Waals surface area contributed by atoms with Crippen LogP contribution in [0.2, 0.25) is 5.04 Å². The highest BCUT2D eigenvalue weighted by Crippen LogP contribution is 2.40. The van der Waals surface area contributed by atoms with Gasteiger partial charge in [-0.3, -0.25) is 0 Å². The maximum Gasteiger partial charge on any atom is 0.261 e. The fraction of sp³-hybridized carbons (Fsp3) is 0.362. The molecule has 0 radical (unpaired) electrons. The molecular weight excluding hydrogens is 705 g/mol. The number of hydrogen-bond acceptors (Lipinski definition) is 7. The Labute approximate surface area is 329 Å². The van der Waals surface area contributed by atoms with E-state index in [0.29, 0.717) is 79.3 Å². The topological polar surface area (TPSA) is 64.6 Å². The van der Waals surface area contributed by atoms with Crippen molar-refractivity contribution in [3.05, 3.63) is 168 Å². The van der Waals surface area contributed by atoms with E-state index < -0.39 is 13.9 Å². The van der Waals surface area contributed by atoms with Crippen LogP contribution in [0.25, 0.3) is 0 Å². The quantitative estimate of drug-likeness (QED) is 0.0344. The van der Waals surface area contributed by atoms with E-state index >= 15 is 0 Å². The lowest BCUT2D eigenvalue weighted by Crippen LogP contribution is -2.66. The molecule has 292 valence electrons. The Morgan fingerprint density at radius 3 is 0.927 bits per heavy atom. The molecule has 7 nitrogen and oxygen atoms in total. The number of rotatable bonds is 25. The first-order valence-electron chi connectivity index (χ1n) is 19.4. The summed E-state index contributed by atoms with van der Waals surface area (Å²) in [5, 5.41) is 2.48. The Morgan fingerprint density at radius 1 is 0.345 bits per heavy atom. The van der Waals surface area contributed by atoms with E-state index in [1.54, 1.807) is 0 Å². The summed E-state index contributed by atoms with van der Waals surface area (Å²) in [6, 6.07) is 52.4. The minimum absolute atomic E-state index is 0.0591. The van der Waals surface area contributed by atoms with E-state index in [-0.39, 0.29) is 5.04 Å². The normalized spacial score (nSPS) is 12.2. The summed E-state index contributed by atoms with van der Waals surface area (Å²) in [6.07, 6.45) is 0. The minimum Gasteiger partial charge on any atom is -0.405 e. The van der Waals surface area contributed by atoms with Crippen molar-refractivity contribution in [1.29, 1.82) is 0 Å². The van der Waals surface area contributed by atoms with Gasteiger partial charge in [0.1, 0.15) is 5.60 Å². The van der Waals surface area contributed by atoms with Crippen molar-refractivity contribution in [2.45, 2.75) is 31.4 Å². The van der Waals surface area contributed by atoms with Crippen LogP contribution in [-0.4, -0.2) is 87.6 Å². The molecule has 0 bridgehead atoms. The third-order valence-corrected chi connectivity index (χ3v) is 14.6. The maximum absolute atomic E-state index is 6.88. The van der Waals surface area contributed by atoms with Crippen LogP contribution in [0.3, 0.4) is 0 Å². The first-order valence-corrected chi connectivity index (χ1v) is 21.3. The largest absolute Gasteiger partial charge is 0.405 e. The van der Waals surface area contributed by atoms with Gasteiger partial charge in [-0.05, 0) is 32.1 Å². The van der Waals surface area contributed by atoms with E-state index in [2.05, 4.69) is 154 Å². The Morgan fingerprint density at radius 2 is 0.618 bits per heavy atom. The molecule has 0 atom stereocenters. The second kappa shape index (κ2) is 22.6. The summed E-state index contributed by atoms with van der Waals surface area (Å²) in [5.41, 5.74) is 2.46. The molecule has 0 unspecified atom stereocenters. The van der Waals surface area contributed by atoms with Gasteiger partial charge in [0.05, 0.1) is 79.3 Å². The molecule has 0 aliphatic heterocycles. The van der Waals surface area contributed by atoms with E-state index in [4.69, 9.17) is 32.8 Å². The lowest BCUT2D eigenvalue weighted by atomic mass is 9.80. The molecule has 5 aromatic carbocycles. The van der Waals surface area contributed by atoms with Gasteiger partial charge in [0.25, 0.3) is 8.32 Å². The molecule has 55 heavy (non-hydrogen) atoms. The van der Waals surface area contributed by atoms with Crippen LogP contribution in [0.4, 0.5) is 0 Å². The van der Waals surface area contributed by atoms with Crippen molar-refractivity contribution in [2.24, 2.45) is 0 Å². The predicted octanol–water partition coefficient (Wildman–Crippen LogP) is 7.65. The lowest BCUT2D eigenvalue weighted by Gasteiger charge is -2.43. The zero-order chi connectivity index (χ0) is 38.5. The summed E-state index contributed by atoms with van der Waals surface area (Å²) in [5.74, 6) is 0. The first kappa shape index (κ1) is 42.2. The van der Waals surface area contributed by atoms with Gasteiger partial charge in [-0.2, -0.15) is 0 Å². The molecule has 5 aromatic rings. The van der Waals surface area contributed by atoms with Crippen molar-refractivity contribution in [3.8, 4) is 0 Å². The maximum atomic E-state index is 6.88. The average molecular weight is 763 g/mol. The van der Waals surface area contributed by atoms with E-state index in [9.17, 15) is 0 Å². The zero-order valence-electron chi connectivity index (χ0n) is 32.8. The van der Waals surface area contributed by atoms with Crippen LogP contribution in [0, 0.1) is 0 Å². The van der Waals surface area contributed by atoms with Gasteiger partial charge < -0.3 is 32.8 Å². The van der Waals surface area contributed by atoms with Crippen LogP contribution in [-0.2, 0) is 38.4 Å². The average Bonchev–Trinajstić information content (AvgIpc) is 3.23. The summed E-state index contributed by atoms with van der Waals surface area (Å²) >= 11 is 0. The molecule has 0 amide bonds. The minimum atomic E-state index is -2.55. The molecular formula is C47H58O7Si. The highest BCUT2D eigenvalue weighted by atomic mass is 28.4. The number of ether oxygens (including phenoxy) is 6. The third kappa shape index (κ3) is 11.8. The molecule has 0 aliphatic rings. The van der Waals surface area contributed by atoms with Gasteiger partial charge in [-0.1, -0.05) is 172 Å². The molecule has 0 heterocycles. The lowest BCUT2D eigenvalue weighted by molar-refractivity contribution is -0.0392. The molecule has 0 spiro atoms. The summed E-state index contributed by atoms with van der Waals surface area (Å²) in [6.45, 7) is 12.7. The van der Waals surface area contributed by atoms with Gasteiger partial charge in [0, 0.05) is 0 Å². The molecule has 8 heteroatoms. The van der Waals surface area contributed by atoms with Gasteiger partial charge in [-0.15, -0.1) is 0 Å². The van der Waals surface area contributed by atoms with Crippen LogP contribution in [0.1, 0.15) is 37.5 Å². The van der Waals surface area contributed by atoms with Crippen LogP contribution in [0.15, 0.2) is 152 Å². The molecule has 0 aliphatic carbocycles. The number of benzene rings is 5. The molecule has 0 fully saturated rings. The van der Waals surface area contributed by atoms with Gasteiger partial charge in [0.2, 0.25) is 0 Å². The van der Waals surface area contributed by atoms with Crippen LogP contribution in [0.5, 0.6) is 0 Å². The monoisotopic (exact) mass is 762 g/mol. The summed E-state index contributed by atoms with van der Waals surface area (Å²) in [7, 11) is -2.55. The number of hydrogen-bond donors (Lipinski definition) is 0. The molecule has 5 rings (SSSR count). The Bertz CT molecular complexity index is 1580.